The third-order valence-corrected chi connectivity index (χ3v) is 6.63. The van der Waals surface area contributed by atoms with E-state index in [2.05, 4.69) is 10.3 Å². The van der Waals surface area contributed by atoms with E-state index in [-0.39, 0.29) is 18.7 Å². The third kappa shape index (κ3) is 4.42. The summed E-state index contributed by atoms with van der Waals surface area (Å²) in [5.74, 6) is -2.15. The number of likely N-dealkylation sites (tertiary alicyclic amines) is 1. The van der Waals surface area contributed by atoms with Crippen molar-refractivity contribution in [2.24, 2.45) is 10.7 Å². The first-order valence-electron chi connectivity index (χ1n) is 11.8. The molecule has 0 aliphatic carbocycles. The van der Waals surface area contributed by atoms with Gasteiger partial charge >= 0.3 is 0 Å². The van der Waals surface area contributed by atoms with Crippen LogP contribution in [0.5, 0.6) is 0 Å². The van der Waals surface area contributed by atoms with Gasteiger partial charge in [0.15, 0.2) is 12.2 Å². The molecule has 3 aliphatic heterocycles. The van der Waals surface area contributed by atoms with Crippen molar-refractivity contribution >= 4 is 34.9 Å². The smallest absolute Gasteiger partial charge is 0.259 e. The van der Waals surface area contributed by atoms with Crippen LogP contribution in [0.4, 0.5) is 15.8 Å². The lowest BCUT2D eigenvalue weighted by Gasteiger charge is -2.34. The Morgan fingerprint density at radius 1 is 1.17 bits per heavy atom. The number of nitrogens with two attached hydrogens (primary N) is 1. The number of hydrogen-bond donors (Lipinski definition) is 3. The summed E-state index contributed by atoms with van der Waals surface area (Å²) < 4.78 is 19.9. The van der Waals surface area contributed by atoms with Gasteiger partial charge in [0, 0.05) is 36.6 Å². The predicted octanol–water partition coefficient (Wildman–Crippen LogP) is 1.01. The van der Waals surface area contributed by atoms with Gasteiger partial charge in [0.05, 0.1) is 18.7 Å². The molecule has 2 fully saturated rings. The molecular formula is C25H26FN5O5. The van der Waals surface area contributed by atoms with Crippen LogP contribution < -0.4 is 16.0 Å². The molecule has 3 heterocycles. The van der Waals surface area contributed by atoms with Gasteiger partial charge in [-0.15, -0.1) is 0 Å². The van der Waals surface area contributed by atoms with Crippen LogP contribution in [0, 0.1) is 5.82 Å². The zero-order valence-corrected chi connectivity index (χ0v) is 19.4. The molecule has 2 aromatic rings. The summed E-state index contributed by atoms with van der Waals surface area (Å²) >= 11 is 0. The zero-order valence-electron chi connectivity index (χ0n) is 19.4. The number of nitrogens with zero attached hydrogens (tertiary/aromatic N) is 3. The van der Waals surface area contributed by atoms with Crippen LogP contribution in [0.3, 0.4) is 0 Å². The van der Waals surface area contributed by atoms with Crippen LogP contribution in [-0.2, 0) is 20.9 Å². The number of anilines is 2. The number of aliphatic imine (C=N–C) groups is 1. The minimum atomic E-state index is -1.79. The van der Waals surface area contributed by atoms with Crippen molar-refractivity contribution in [3.63, 3.8) is 0 Å². The number of ether oxygens (including phenoxy) is 1. The fourth-order valence-corrected chi connectivity index (χ4v) is 4.69. The summed E-state index contributed by atoms with van der Waals surface area (Å²) in [4.78, 5) is 45.7. The van der Waals surface area contributed by atoms with Crippen LogP contribution in [0.15, 0.2) is 41.4 Å². The van der Waals surface area contributed by atoms with Crippen molar-refractivity contribution in [1.82, 2.24) is 4.90 Å². The molecule has 2 aromatic carbocycles. The lowest BCUT2D eigenvalue weighted by atomic mass is 10.1. The second-order valence-corrected chi connectivity index (χ2v) is 8.95. The number of amidine groups is 1. The fraction of sp³-hybridized carbons (Fsp3) is 0.360. The number of morpholine rings is 1. The number of rotatable bonds is 5. The lowest BCUT2D eigenvalue weighted by Crippen LogP contribution is -2.55. The first kappa shape index (κ1) is 23.9. The van der Waals surface area contributed by atoms with Gasteiger partial charge in [0.1, 0.15) is 11.7 Å². The molecule has 36 heavy (non-hydrogen) atoms. The van der Waals surface area contributed by atoms with E-state index in [1.54, 1.807) is 23.1 Å². The molecule has 0 aromatic heterocycles. The highest BCUT2D eigenvalue weighted by molar-refractivity contribution is 6.05. The van der Waals surface area contributed by atoms with Gasteiger partial charge in [0.25, 0.3) is 17.7 Å². The molecule has 0 spiro atoms. The Hall–Kier alpha value is -3.83. The quantitative estimate of drug-likeness (QED) is 0.566. The Labute approximate surface area is 206 Å². The first-order valence-corrected chi connectivity index (χ1v) is 11.8. The maximum Gasteiger partial charge on any atom is 0.259 e. The molecule has 2 atom stereocenters. The average molecular weight is 496 g/mol. The van der Waals surface area contributed by atoms with E-state index in [1.165, 1.54) is 17.0 Å². The Morgan fingerprint density at radius 3 is 2.72 bits per heavy atom. The largest absolute Gasteiger partial charge is 0.383 e. The fourth-order valence-electron chi connectivity index (χ4n) is 4.69. The van der Waals surface area contributed by atoms with Crippen molar-refractivity contribution in [3.05, 3.63) is 58.9 Å². The van der Waals surface area contributed by atoms with Crippen LogP contribution in [0.25, 0.3) is 0 Å². The summed E-state index contributed by atoms with van der Waals surface area (Å²) in [7, 11) is 0. The second-order valence-electron chi connectivity index (χ2n) is 8.95. The summed E-state index contributed by atoms with van der Waals surface area (Å²) in [6, 6.07) is 8.93. The van der Waals surface area contributed by atoms with E-state index in [1.807, 2.05) is 0 Å². The minimum Gasteiger partial charge on any atom is -0.383 e. The Morgan fingerprint density at radius 2 is 1.94 bits per heavy atom. The van der Waals surface area contributed by atoms with E-state index in [0.29, 0.717) is 36.8 Å². The topological polar surface area (TPSA) is 138 Å². The summed E-state index contributed by atoms with van der Waals surface area (Å²) in [5, 5.41) is 13.2. The normalized spacial score (nSPS) is 20.2. The van der Waals surface area contributed by atoms with Crippen LogP contribution >= 0.6 is 0 Å². The number of halogens is 1. The van der Waals surface area contributed by atoms with Crippen molar-refractivity contribution in [1.29, 1.82) is 0 Å². The SMILES string of the molecule is NC1=NCc2cc(NC(=O)C(O)C3OCCN(c4ccc(F)c(C(=O)N5CCCC5)c4)C3=O)ccc21. The molecule has 3 amide bonds. The van der Waals surface area contributed by atoms with E-state index < -0.39 is 35.7 Å². The molecule has 4 N–H and O–H groups in total. The molecule has 0 bridgehead atoms. The van der Waals surface area contributed by atoms with Gasteiger partial charge < -0.3 is 30.7 Å². The van der Waals surface area contributed by atoms with Crippen molar-refractivity contribution < 1.29 is 28.6 Å². The monoisotopic (exact) mass is 495 g/mol. The molecule has 3 aliphatic rings. The maximum absolute atomic E-state index is 14.5. The maximum atomic E-state index is 14.5. The van der Waals surface area contributed by atoms with E-state index in [9.17, 15) is 23.9 Å². The summed E-state index contributed by atoms with van der Waals surface area (Å²) in [6.45, 7) is 1.69. The lowest BCUT2D eigenvalue weighted by molar-refractivity contribution is -0.150. The number of aliphatic hydroxyl groups is 1. The highest BCUT2D eigenvalue weighted by Gasteiger charge is 2.40. The van der Waals surface area contributed by atoms with Crippen LogP contribution in [0.1, 0.15) is 34.3 Å². The molecule has 2 unspecified atom stereocenters. The molecule has 10 nitrogen and oxygen atoms in total. The number of fused-ring (bicyclic) bond motifs is 1. The predicted molar refractivity (Wildman–Crippen MR) is 129 cm³/mol. The number of nitrogens with one attached hydrogen (secondary N) is 1. The highest BCUT2D eigenvalue weighted by atomic mass is 19.1. The van der Waals surface area contributed by atoms with Crippen molar-refractivity contribution in [3.8, 4) is 0 Å². The third-order valence-electron chi connectivity index (χ3n) is 6.63. The van der Waals surface area contributed by atoms with Gasteiger partial charge in [-0.05, 0) is 54.8 Å². The van der Waals surface area contributed by atoms with Gasteiger partial charge in [0.2, 0.25) is 0 Å². The number of aliphatic hydroxyl groups excluding tert-OH is 1. The summed E-state index contributed by atoms with van der Waals surface area (Å²) in [5.41, 5.74) is 8.03. The Bertz CT molecular complexity index is 1260. The zero-order chi connectivity index (χ0) is 25.4. The number of hydrogen-bond acceptors (Lipinski definition) is 7. The molecule has 0 saturated carbocycles. The molecular weight excluding hydrogens is 469 g/mol. The standard InChI is InChI=1S/C25H26FN5O5/c26-19-6-4-16(12-18(19)24(34)30-7-1-2-8-30)31-9-10-36-21(25(31)35)20(32)23(33)29-15-3-5-17-14(11-15)13-28-22(17)27/h3-6,11-12,20-21,32H,1-2,7-10,13H2,(H2,27,28)(H,29,33). The van der Waals surface area contributed by atoms with E-state index in [4.69, 9.17) is 10.5 Å². The van der Waals surface area contributed by atoms with Crippen LogP contribution in [-0.4, -0.2) is 72.0 Å². The molecule has 11 heteroatoms. The summed E-state index contributed by atoms with van der Waals surface area (Å²) in [6.07, 6.45) is -1.52. The first-order chi connectivity index (χ1) is 17.3. The number of carbonyl (C=O) groups excluding carboxylic acids is 3. The average Bonchev–Trinajstić information content (AvgIpc) is 3.54. The minimum absolute atomic E-state index is 0.0446. The van der Waals surface area contributed by atoms with E-state index in [0.717, 1.165) is 30.0 Å². The Balaban J connectivity index is 1.30. The number of carbonyl (C=O) groups is 3. The number of amides is 3. The van der Waals surface area contributed by atoms with Crippen molar-refractivity contribution in [2.75, 3.05) is 36.5 Å². The van der Waals surface area contributed by atoms with E-state index >= 15 is 0 Å². The van der Waals surface area contributed by atoms with Crippen molar-refractivity contribution in [2.45, 2.75) is 31.6 Å². The molecule has 5 rings (SSSR count). The van der Waals surface area contributed by atoms with Gasteiger partial charge in [-0.1, -0.05) is 0 Å². The molecule has 0 radical (unpaired) electrons. The number of benzene rings is 2. The molecule has 2 saturated heterocycles. The second kappa shape index (κ2) is 9.67. The van der Waals surface area contributed by atoms with Gasteiger partial charge in [-0.2, -0.15) is 0 Å². The molecule has 188 valence electrons. The Kier molecular flexibility index (Phi) is 6.42. The van der Waals surface area contributed by atoms with Crippen LogP contribution in [0.2, 0.25) is 0 Å². The highest BCUT2D eigenvalue weighted by Crippen LogP contribution is 2.26. The van der Waals surface area contributed by atoms with Gasteiger partial charge in [-0.3, -0.25) is 19.4 Å². The van der Waals surface area contributed by atoms with Gasteiger partial charge in [-0.25, -0.2) is 4.39 Å².